The first kappa shape index (κ1) is 24.3. The Kier molecular flexibility index (Phi) is 9.13. The van der Waals surface area contributed by atoms with Crippen molar-refractivity contribution in [2.75, 3.05) is 14.2 Å². The van der Waals surface area contributed by atoms with E-state index in [1.54, 1.807) is 48.5 Å². The van der Waals surface area contributed by atoms with Gasteiger partial charge in [-0.05, 0) is 73.0 Å². The van der Waals surface area contributed by atoms with Crippen molar-refractivity contribution < 1.29 is 23.9 Å². The number of thiocarbonyl (C=S) groups is 2. The van der Waals surface area contributed by atoms with Crippen molar-refractivity contribution in [3.05, 3.63) is 59.7 Å². The minimum absolute atomic E-state index is 0.142. The number of ether oxygens (including phenoxy) is 2. The predicted molar refractivity (Wildman–Crippen MR) is 124 cm³/mol. The molecule has 0 saturated carbocycles. The maximum absolute atomic E-state index is 12.1. The monoisotopic (exact) mass is 476 g/mol. The molecule has 6 N–H and O–H groups in total. The molecule has 11 nitrogen and oxygen atoms in total. The third kappa shape index (κ3) is 7.70. The van der Waals surface area contributed by atoms with Crippen molar-refractivity contribution in [1.82, 2.24) is 32.3 Å². The second-order valence-corrected chi connectivity index (χ2v) is 6.67. The van der Waals surface area contributed by atoms with Crippen molar-refractivity contribution in [3.8, 4) is 11.5 Å². The Morgan fingerprint density at radius 3 is 1.28 bits per heavy atom. The second kappa shape index (κ2) is 12.0. The van der Waals surface area contributed by atoms with Gasteiger partial charge in [0.1, 0.15) is 11.5 Å². The number of carbonyl (C=O) groups excluding carboxylic acids is 3. The summed E-state index contributed by atoms with van der Waals surface area (Å²) < 4.78 is 10.0. The van der Waals surface area contributed by atoms with Crippen LogP contribution in [0.25, 0.3) is 0 Å². The lowest BCUT2D eigenvalue weighted by Crippen LogP contribution is -2.56. The zero-order valence-electron chi connectivity index (χ0n) is 17.0. The highest BCUT2D eigenvalue weighted by Gasteiger charge is 2.10. The van der Waals surface area contributed by atoms with Gasteiger partial charge in [-0.3, -0.25) is 31.1 Å². The van der Waals surface area contributed by atoms with E-state index in [0.29, 0.717) is 22.6 Å². The van der Waals surface area contributed by atoms with Crippen LogP contribution in [-0.4, -0.2) is 42.3 Å². The molecule has 0 bridgehead atoms. The van der Waals surface area contributed by atoms with Crippen LogP contribution in [0.4, 0.5) is 4.79 Å². The van der Waals surface area contributed by atoms with Crippen LogP contribution in [0.3, 0.4) is 0 Å². The molecule has 2 aromatic rings. The maximum Gasteiger partial charge on any atom is 0.352 e. The van der Waals surface area contributed by atoms with E-state index in [0.717, 1.165) is 0 Å². The molecule has 168 valence electrons. The Hall–Kier alpha value is -3.97. The van der Waals surface area contributed by atoms with E-state index in [2.05, 4.69) is 32.3 Å². The summed E-state index contributed by atoms with van der Waals surface area (Å²) in [6, 6.07) is 11.9. The molecular weight excluding hydrogens is 456 g/mol. The van der Waals surface area contributed by atoms with Gasteiger partial charge < -0.3 is 9.47 Å². The number of rotatable bonds is 4. The van der Waals surface area contributed by atoms with E-state index in [1.807, 2.05) is 0 Å². The van der Waals surface area contributed by atoms with Gasteiger partial charge in [0, 0.05) is 11.1 Å². The Balaban J connectivity index is 1.69. The molecule has 0 spiro atoms. The normalized spacial score (nSPS) is 9.56. The van der Waals surface area contributed by atoms with Crippen LogP contribution in [0.2, 0.25) is 0 Å². The van der Waals surface area contributed by atoms with E-state index in [9.17, 15) is 14.4 Å². The molecular formula is C19H20N6O5S2. The number of amides is 4. The van der Waals surface area contributed by atoms with Gasteiger partial charge in [0.25, 0.3) is 11.8 Å². The van der Waals surface area contributed by atoms with Crippen LogP contribution in [0.15, 0.2) is 48.5 Å². The third-order valence-electron chi connectivity index (χ3n) is 3.74. The van der Waals surface area contributed by atoms with Crippen molar-refractivity contribution in [3.63, 3.8) is 0 Å². The standard InChI is InChI=1S/C19H20N6O5S2/c1-29-13-7-3-11(4-8-13)15(26)20-18(31)24-22-17(28)23-25-19(32)21-16(27)12-5-9-14(30-2)10-6-12/h3-10H,1-2H3,(H2,22,23,28)(H2,20,24,26,31)(H2,21,25,27,32). The highest BCUT2D eigenvalue weighted by Crippen LogP contribution is 2.11. The molecule has 2 rings (SSSR count). The van der Waals surface area contributed by atoms with Gasteiger partial charge in [-0.2, -0.15) is 0 Å². The zero-order chi connectivity index (χ0) is 23.5. The SMILES string of the molecule is COc1ccc(C(=O)NC(=S)NNC(=O)NNC(=S)NC(=O)c2ccc(OC)cc2)cc1. The fraction of sp³-hybridized carbons (Fsp3) is 0.105. The number of urea groups is 1. The van der Waals surface area contributed by atoms with Crippen LogP contribution >= 0.6 is 24.4 Å². The van der Waals surface area contributed by atoms with Crippen LogP contribution < -0.4 is 41.8 Å². The number of methoxy groups -OCH3 is 2. The molecule has 0 radical (unpaired) electrons. The number of hydrazine groups is 2. The molecule has 4 amide bonds. The quantitative estimate of drug-likeness (QED) is 0.278. The molecule has 0 aliphatic rings. The summed E-state index contributed by atoms with van der Waals surface area (Å²) in [5, 5.41) is 4.50. The number of hydrogen-bond acceptors (Lipinski definition) is 7. The second-order valence-electron chi connectivity index (χ2n) is 5.85. The number of benzene rings is 2. The lowest BCUT2D eigenvalue weighted by molar-refractivity contribution is 0.0968. The molecule has 32 heavy (non-hydrogen) atoms. The summed E-state index contributed by atoms with van der Waals surface area (Å²) >= 11 is 9.88. The average Bonchev–Trinajstić information content (AvgIpc) is 2.81. The maximum atomic E-state index is 12.1. The Labute approximate surface area is 194 Å². The minimum atomic E-state index is -0.785. The molecule has 0 saturated heterocycles. The van der Waals surface area contributed by atoms with E-state index in [1.165, 1.54) is 14.2 Å². The topological polar surface area (TPSA) is 142 Å². The van der Waals surface area contributed by atoms with Gasteiger partial charge in [-0.25, -0.2) is 15.6 Å². The lowest BCUT2D eigenvalue weighted by atomic mass is 10.2. The first-order chi connectivity index (χ1) is 15.3. The summed E-state index contributed by atoms with van der Waals surface area (Å²) in [5.74, 6) is 0.248. The van der Waals surface area contributed by atoms with Crippen molar-refractivity contribution in [2.24, 2.45) is 0 Å². The highest BCUT2D eigenvalue weighted by atomic mass is 32.1. The Bertz CT molecular complexity index is 919. The minimum Gasteiger partial charge on any atom is -0.497 e. The molecule has 0 atom stereocenters. The summed E-state index contributed by atoms with van der Waals surface area (Å²) in [7, 11) is 3.03. The summed E-state index contributed by atoms with van der Waals surface area (Å²) in [6.45, 7) is 0. The predicted octanol–water partition coefficient (Wildman–Crippen LogP) is 0.742. The summed E-state index contributed by atoms with van der Waals surface area (Å²) in [5.41, 5.74) is 9.74. The average molecular weight is 477 g/mol. The number of nitrogens with one attached hydrogen (secondary N) is 6. The largest absolute Gasteiger partial charge is 0.497 e. The van der Waals surface area contributed by atoms with Crippen LogP contribution in [0, 0.1) is 0 Å². The van der Waals surface area contributed by atoms with Crippen LogP contribution in [0.1, 0.15) is 20.7 Å². The van der Waals surface area contributed by atoms with Gasteiger partial charge in [-0.1, -0.05) is 0 Å². The first-order valence-corrected chi connectivity index (χ1v) is 9.70. The number of carbonyl (C=O) groups is 3. The molecule has 0 unspecified atom stereocenters. The van der Waals surface area contributed by atoms with Crippen molar-refractivity contribution in [2.45, 2.75) is 0 Å². The molecule has 0 aromatic heterocycles. The Morgan fingerprint density at radius 1 is 0.625 bits per heavy atom. The molecule has 0 aliphatic heterocycles. The fourth-order valence-corrected chi connectivity index (χ4v) is 2.44. The van der Waals surface area contributed by atoms with Gasteiger partial charge in [0.2, 0.25) is 0 Å². The summed E-state index contributed by atoms with van der Waals surface area (Å²) in [4.78, 5) is 36.0. The van der Waals surface area contributed by atoms with E-state index < -0.39 is 17.8 Å². The molecule has 13 heteroatoms. The molecule has 0 aliphatic carbocycles. The highest BCUT2D eigenvalue weighted by molar-refractivity contribution is 7.80. The fourth-order valence-electron chi connectivity index (χ4n) is 2.16. The van der Waals surface area contributed by atoms with Crippen LogP contribution in [0.5, 0.6) is 11.5 Å². The smallest absolute Gasteiger partial charge is 0.352 e. The Morgan fingerprint density at radius 2 is 0.969 bits per heavy atom. The van der Waals surface area contributed by atoms with E-state index in [4.69, 9.17) is 33.9 Å². The lowest BCUT2D eigenvalue weighted by Gasteiger charge is -2.13. The number of hydrogen-bond donors (Lipinski definition) is 6. The first-order valence-electron chi connectivity index (χ1n) is 8.89. The van der Waals surface area contributed by atoms with E-state index >= 15 is 0 Å². The third-order valence-corrected chi connectivity index (χ3v) is 4.15. The van der Waals surface area contributed by atoms with Gasteiger partial charge >= 0.3 is 6.03 Å². The molecule has 0 fully saturated rings. The molecule has 2 aromatic carbocycles. The van der Waals surface area contributed by atoms with Crippen LogP contribution in [-0.2, 0) is 0 Å². The molecule has 0 heterocycles. The zero-order valence-corrected chi connectivity index (χ0v) is 18.6. The summed E-state index contributed by atoms with van der Waals surface area (Å²) in [6.07, 6.45) is 0. The van der Waals surface area contributed by atoms with Crippen molar-refractivity contribution in [1.29, 1.82) is 0 Å². The van der Waals surface area contributed by atoms with E-state index in [-0.39, 0.29) is 10.2 Å². The van der Waals surface area contributed by atoms with Crippen molar-refractivity contribution >= 4 is 52.5 Å². The van der Waals surface area contributed by atoms with Gasteiger partial charge in [0.15, 0.2) is 10.2 Å². The van der Waals surface area contributed by atoms with Gasteiger partial charge in [0.05, 0.1) is 14.2 Å². The van der Waals surface area contributed by atoms with Gasteiger partial charge in [-0.15, -0.1) is 0 Å².